The number of rotatable bonds is 3. The van der Waals surface area contributed by atoms with E-state index in [0.29, 0.717) is 10.2 Å². The lowest BCUT2D eigenvalue weighted by Gasteiger charge is -2.09. The molecule has 2 aromatic rings. The molecule has 0 saturated heterocycles. The van der Waals surface area contributed by atoms with Crippen LogP contribution < -0.4 is 4.72 Å². The average molecular weight is 439 g/mol. The van der Waals surface area contributed by atoms with E-state index >= 15 is 0 Å². The van der Waals surface area contributed by atoms with Crippen molar-refractivity contribution in [2.24, 2.45) is 0 Å². The van der Waals surface area contributed by atoms with Crippen LogP contribution in [0.5, 0.6) is 0 Å². The fourth-order valence-electron chi connectivity index (χ4n) is 1.28. The molecule has 18 heavy (non-hydrogen) atoms. The maximum absolute atomic E-state index is 12.0. The maximum Gasteiger partial charge on any atom is 0.279 e. The van der Waals surface area contributed by atoms with Crippen molar-refractivity contribution < 1.29 is 8.42 Å². The number of halogens is 2. The second kappa shape index (κ2) is 5.54. The Bertz CT molecular complexity index is 662. The SMILES string of the molecule is O=S(=O)(Nc1ccc(I)cc1Br)c1ccccn1. The molecule has 0 amide bonds. The van der Waals surface area contributed by atoms with E-state index in [9.17, 15) is 8.42 Å². The smallest absolute Gasteiger partial charge is 0.277 e. The third kappa shape index (κ3) is 3.21. The van der Waals surface area contributed by atoms with E-state index in [1.807, 2.05) is 12.1 Å². The highest BCUT2D eigenvalue weighted by Crippen LogP contribution is 2.26. The van der Waals surface area contributed by atoms with Crippen LogP contribution in [-0.2, 0) is 10.0 Å². The van der Waals surface area contributed by atoms with Crippen molar-refractivity contribution in [1.82, 2.24) is 4.98 Å². The highest BCUT2D eigenvalue weighted by atomic mass is 127. The van der Waals surface area contributed by atoms with Crippen molar-refractivity contribution in [3.05, 3.63) is 50.6 Å². The molecule has 0 saturated carbocycles. The largest absolute Gasteiger partial charge is 0.279 e. The zero-order valence-electron chi connectivity index (χ0n) is 8.97. The van der Waals surface area contributed by atoms with Crippen LogP contribution in [0.15, 0.2) is 52.1 Å². The van der Waals surface area contributed by atoms with Crippen LogP contribution in [0.1, 0.15) is 0 Å². The molecule has 94 valence electrons. The Morgan fingerprint density at radius 1 is 1.22 bits per heavy atom. The molecule has 0 aliphatic carbocycles. The first kappa shape index (κ1) is 13.8. The number of hydrogen-bond donors (Lipinski definition) is 1. The molecule has 1 aromatic heterocycles. The van der Waals surface area contributed by atoms with Crippen LogP contribution >= 0.6 is 38.5 Å². The molecule has 4 nitrogen and oxygen atoms in total. The van der Waals surface area contributed by atoms with Gasteiger partial charge in [-0.25, -0.2) is 4.98 Å². The zero-order valence-corrected chi connectivity index (χ0v) is 13.5. The zero-order chi connectivity index (χ0) is 13.2. The van der Waals surface area contributed by atoms with Gasteiger partial charge in [-0.1, -0.05) is 6.07 Å². The van der Waals surface area contributed by atoms with Gasteiger partial charge in [-0.05, 0) is 68.9 Å². The summed E-state index contributed by atoms with van der Waals surface area (Å²) in [4.78, 5) is 3.83. The fraction of sp³-hybridized carbons (Fsp3) is 0. The van der Waals surface area contributed by atoms with Crippen LogP contribution in [0.3, 0.4) is 0 Å². The summed E-state index contributed by atoms with van der Waals surface area (Å²) in [6.45, 7) is 0. The normalized spacial score (nSPS) is 11.2. The molecular weight excluding hydrogens is 431 g/mol. The predicted octanol–water partition coefficient (Wildman–Crippen LogP) is 3.25. The summed E-state index contributed by atoms with van der Waals surface area (Å²) >= 11 is 5.47. The van der Waals surface area contributed by atoms with Crippen molar-refractivity contribution in [2.45, 2.75) is 5.03 Å². The molecule has 1 heterocycles. The van der Waals surface area contributed by atoms with Gasteiger partial charge < -0.3 is 0 Å². The molecule has 7 heteroatoms. The van der Waals surface area contributed by atoms with Crippen molar-refractivity contribution in [3.8, 4) is 0 Å². The Morgan fingerprint density at radius 3 is 2.61 bits per heavy atom. The summed E-state index contributed by atoms with van der Waals surface area (Å²) in [5, 5.41) is -0.00421. The highest BCUT2D eigenvalue weighted by Gasteiger charge is 2.16. The molecule has 1 N–H and O–H groups in total. The molecule has 0 atom stereocenters. The van der Waals surface area contributed by atoms with Gasteiger partial charge in [0.05, 0.1) is 5.69 Å². The first-order valence-corrected chi connectivity index (χ1v) is 8.23. The highest BCUT2D eigenvalue weighted by molar-refractivity contribution is 14.1. The van der Waals surface area contributed by atoms with E-state index in [0.717, 1.165) is 3.57 Å². The van der Waals surface area contributed by atoms with Crippen molar-refractivity contribution in [2.75, 3.05) is 4.72 Å². The molecule has 2 rings (SSSR count). The molecule has 0 fully saturated rings. The average Bonchev–Trinajstić information content (AvgIpc) is 2.34. The topological polar surface area (TPSA) is 59.1 Å². The molecule has 0 aliphatic heterocycles. The standard InChI is InChI=1S/C11H8BrIN2O2S/c12-9-7-8(13)4-5-10(9)15-18(16,17)11-3-1-2-6-14-11/h1-7,15H. The van der Waals surface area contributed by atoms with Crippen molar-refractivity contribution in [3.63, 3.8) is 0 Å². The Kier molecular flexibility index (Phi) is 4.23. The second-order valence-corrected chi connectivity index (χ2v) is 7.13. The predicted molar refractivity (Wildman–Crippen MR) is 81.9 cm³/mol. The third-order valence-corrected chi connectivity index (χ3v) is 4.70. The summed E-state index contributed by atoms with van der Waals surface area (Å²) in [5.41, 5.74) is 0.487. The van der Waals surface area contributed by atoms with Crippen LogP contribution in [-0.4, -0.2) is 13.4 Å². The molecule has 0 bridgehead atoms. The monoisotopic (exact) mass is 438 g/mol. The molecular formula is C11H8BrIN2O2S. The van der Waals surface area contributed by atoms with Crippen LogP contribution in [0.25, 0.3) is 0 Å². The Hall–Kier alpha value is -0.670. The van der Waals surface area contributed by atoms with Gasteiger partial charge in [0.15, 0.2) is 5.03 Å². The fourth-order valence-corrected chi connectivity index (χ4v) is 3.83. The lowest BCUT2D eigenvalue weighted by Crippen LogP contribution is -2.14. The summed E-state index contributed by atoms with van der Waals surface area (Å²) < 4.78 is 28.3. The number of nitrogens with one attached hydrogen (secondary N) is 1. The van der Waals surface area contributed by atoms with E-state index in [4.69, 9.17) is 0 Å². The Morgan fingerprint density at radius 2 is 2.00 bits per heavy atom. The lowest BCUT2D eigenvalue weighted by molar-refractivity contribution is 0.597. The van der Waals surface area contributed by atoms with E-state index < -0.39 is 10.0 Å². The van der Waals surface area contributed by atoms with Crippen molar-refractivity contribution >= 4 is 54.2 Å². The number of pyridine rings is 1. The molecule has 0 unspecified atom stereocenters. The summed E-state index contributed by atoms with van der Waals surface area (Å²) in [5.74, 6) is 0. The third-order valence-electron chi connectivity index (χ3n) is 2.09. The number of sulfonamides is 1. The lowest BCUT2D eigenvalue weighted by atomic mass is 10.3. The maximum atomic E-state index is 12.0. The van der Waals surface area contributed by atoms with Gasteiger partial charge in [-0.3, -0.25) is 4.72 Å². The van der Waals surface area contributed by atoms with Crippen molar-refractivity contribution in [1.29, 1.82) is 0 Å². The van der Waals surface area contributed by atoms with Gasteiger partial charge in [0.25, 0.3) is 10.0 Å². The number of benzene rings is 1. The van der Waals surface area contributed by atoms with Gasteiger partial charge in [-0.15, -0.1) is 0 Å². The van der Waals surface area contributed by atoms with Crippen LogP contribution in [0.2, 0.25) is 0 Å². The van der Waals surface area contributed by atoms with E-state index in [1.54, 1.807) is 18.2 Å². The van der Waals surface area contributed by atoms with Crippen LogP contribution in [0, 0.1) is 3.57 Å². The van der Waals surface area contributed by atoms with E-state index in [2.05, 4.69) is 48.2 Å². The number of hydrogen-bond acceptors (Lipinski definition) is 3. The van der Waals surface area contributed by atoms with Gasteiger partial charge in [0.1, 0.15) is 0 Å². The first-order chi connectivity index (χ1) is 8.49. The summed E-state index contributed by atoms with van der Waals surface area (Å²) in [7, 11) is -3.64. The minimum atomic E-state index is -3.64. The van der Waals surface area contributed by atoms with Gasteiger partial charge in [0, 0.05) is 14.2 Å². The molecule has 1 aromatic carbocycles. The van der Waals surface area contributed by atoms with E-state index in [1.165, 1.54) is 12.3 Å². The first-order valence-electron chi connectivity index (χ1n) is 4.88. The van der Waals surface area contributed by atoms with Gasteiger partial charge in [0.2, 0.25) is 0 Å². The number of aromatic nitrogens is 1. The van der Waals surface area contributed by atoms with Gasteiger partial charge >= 0.3 is 0 Å². The van der Waals surface area contributed by atoms with Gasteiger partial charge in [-0.2, -0.15) is 8.42 Å². The minimum Gasteiger partial charge on any atom is -0.277 e. The second-order valence-electron chi connectivity index (χ2n) is 3.40. The Labute approximate surface area is 127 Å². The van der Waals surface area contributed by atoms with E-state index in [-0.39, 0.29) is 5.03 Å². The number of anilines is 1. The summed E-state index contributed by atoms with van der Waals surface area (Å²) in [6.07, 6.45) is 1.44. The molecule has 0 spiro atoms. The quantitative estimate of drug-likeness (QED) is 0.748. The minimum absolute atomic E-state index is 0.00421. The Balaban J connectivity index is 2.34. The molecule has 0 radical (unpaired) electrons. The van der Waals surface area contributed by atoms with Crippen LogP contribution in [0.4, 0.5) is 5.69 Å². The number of nitrogens with zero attached hydrogens (tertiary/aromatic N) is 1. The summed E-state index contributed by atoms with van der Waals surface area (Å²) in [6, 6.07) is 10.1. The molecule has 0 aliphatic rings.